The van der Waals surface area contributed by atoms with Crippen molar-refractivity contribution in [3.05, 3.63) is 112 Å². The molecule has 0 aromatic heterocycles. The summed E-state index contributed by atoms with van der Waals surface area (Å²) >= 11 is 6.35. The zero-order valence-electron chi connectivity index (χ0n) is 21.7. The molecule has 3 heteroatoms. The van der Waals surface area contributed by atoms with Crippen LogP contribution in [0.2, 0.25) is 5.02 Å². The highest BCUT2D eigenvalue weighted by Gasteiger charge is 2.26. The summed E-state index contributed by atoms with van der Waals surface area (Å²) in [6, 6.07) is 24.2. The molecule has 0 saturated carbocycles. The van der Waals surface area contributed by atoms with E-state index in [-0.39, 0.29) is 16.7 Å². The number of carbonyl (C=O) groups excluding carboxylic acids is 1. The maximum absolute atomic E-state index is 13.6. The van der Waals surface area contributed by atoms with Gasteiger partial charge in [0.05, 0.1) is 0 Å². The van der Waals surface area contributed by atoms with Gasteiger partial charge in [0, 0.05) is 23.3 Å². The number of halogens is 1. The van der Waals surface area contributed by atoms with E-state index >= 15 is 0 Å². The molecule has 0 aliphatic rings. The van der Waals surface area contributed by atoms with Crippen molar-refractivity contribution in [3.63, 3.8) is 0 Å². The molecule has 0 heterocycles. The summed E-state index contributed by atoms with van der Waals surface area (Å²) in [5.41, 5.74) is 5.04. The van der Waals surface area contributed by atoms with E-state index in [0.717, 1.165) is 22.4 Å². The Balaban J connectivity index is 2.07. The second-order valence-electron chi connectivity index (χ2n) is 10.8. The molecule has 0 atom stereocenters. The number of anilines is 1. The number of benzene rings is 3. The molecule has 0 fully saturated rings. The summed E-state index contributed by atoms with van der Waals surface area (Å²) in [6.07, 6.45) is 7.52. The molecule has 0 aliphatic carbocycles. The predicted molar refractivity (Wildman–Crippen MR) is 152 cm³/mol. The standard InChI is InChI=1S/C32H36ClNO/c1-31(2,3)26-19-20-27(32(4,5)6)29(23-26)34(22-12-16-25-15-10-11-17-28(25)33)30(35)21-18-24-13-8-7-9-14-24/h7-21,23H,22H2,1-6H3/b16-12+,21-18+. The molecule has 0 bridgehead atoms. The molecule has 0 spiro atoms. The summed E-state index contributed by atoms with van der Waals surface area (Å²) in [6.45, 7) is 13.6. The smallest absolute Gasteiger partial charge is 0.251 e. The summed E-state index contributed by atoms with van der Waals surface area (Å²) in [7, 11) is 0. The normalized spacial score (nSPS) is 12.4. The van der Waals surface area contributed by atoms with Crippen molar-refractivity contribution in [2.24, 2.45) is 0 Å². The quantitative estimate of drug-likeness (QED) is 0.320. The van der Waals surface area contributed by atoms with Crippen LogP contribution in [0.5, 0.6) is 0 Å². The minimum atomic E-state index is -0.125. The first-order valence-corrected chi connectivity index (χ1v) is 12.5. The molecule has 3 aromatic carbocycles. The highest BCUT2D eigenvalue weighted by Crippen LogP contribution is 2.36. The van der Waals surface area contributed by atoms with Gasteiger partial charge in [-0.1, -0.05) is 126 Å². The van der Waals surface area contributed by atoms with E-state index in [9.17, 15) is 4.79 Å². The Bertz CT molecular complexity index is 1210. The fourth-order valence-corrected chi connectivity index (χ4v) is 4.08. The SMILES string of the molecule is CC(C)(C)c1ccc(C(C)(C)C)c(N(C/C=C/c2ccccc2Cl)C(=O)/C=C/c2ccccc2)c1. The highest BCUT2D eigenvalue weighted by molar-refractivity contribution is 6.32. The largest absolute Gasteiger partial charge is 0.305 e. The van der Waals surface area contributed by atoms with Gasteiger partial charge in [0.1, 0.15) is 0 Å². The third-order valence-corrected chi connectivity index (χ3v) is 6.28. The maximum Gasteiger partial charge on any atom is 0.251 e. The van der Waals surface area contributed by atoms with Crippen LogP contribution in [0.25, 0.3) is 12.2 Å². The average molecular weight is 486 g/mol. The lowest BCUT2D eigenvalue weighted by Crippen LogP contribution is -2.32. The number of rotatable bonds is 6. The van der Waals surface area contributed by atoms with Gasteiger partial charge >= 0.3 is 0 Å². The van der Waals surface area contributed by atoms with Crippen LogP contribution in [0.3, 0.4) is 0 Å². The molecular formula is C32H36ClNO. The maximum atomic E-state index is 13.6. The Hall–Kier alpha value is -3.10. The minimum absolute atomic E-state index is 0.0346. The number of hydrogen-bond acceptors (Lipinski definition) is 1. The Morgan fingerprint density at radius 3 is 2.11 bits per heavy atom. The van der Waals surface area contributed by atoms with Crippen LogP contribution in [0, 0.1) is 0 Å². The van der Waals surface area contributed by atoms with Crippen LogP contribution in [0.15, 0.2) is 84.9 Å². The second kappa shape index (κ2) is 11.1. The Labute approximate surface area is 216 Å². The summed E-state index contributed by atoms with van der Waals surface area (Å²) < 4.78 is 0. The molecule has 3 rings (SSSR count). The molecule has 0 N–H and O–H groups in total. The monoisotopic (exact) mass is 485 g/mol. The van der Waals surface area contributed by atoms with Gasteiger partial charge in [-0.05, 0) is 51.3 Å². The highest BCUT2D eigenvalue weighted by atomic mass is 35.5. The van der Waals surface area contributed by atoms with Crippen LogP contribution >= 0.6 is 11.6 Å². The van der Waals surface area contributed by atoms with Crippen molar-refractivity contribution in [1.29, 1.82) is 0 Å². The zero-order valence-corrected chi connectivity index (χ0v) is 22.4. The lowest BCUT2D eigenvalue weighted by Gasteiger charge is -2.31. The fourth-order valence-electron chi connectivity index (χ4n) is 3.88. The van der Waals surface area contributed by atoms with E-state index in [0.29, 0.717) is 11.6 Å². The summed E-state index contributed by atoms with van der Waals surface area (Å²) in [4.78, 5) is 15.5. The van der Waals surface area contributed by atoms with Gasteiger partial charge in [0.15, 0.2) is 0 Å². The third kappa shape index (κ3) is 7.19. The van der Waals surface area contributed by atoms with Crippen molar-refractivity contribution in [1.82, 2.24) is 0 Å². The van der Waals surface area contributed by atoms with Gasteiger partial charge in [-0.25, -0.2) is 0 Å². The molecule has 182 valence electrons. The molecule has 0 saturated heterocycles. The molecule has 0 radical (unpaired) electrons. The van der Waals surface area contributed by atoms with E-state index in [1.165, 1.54) is 5.56 Å². The van der Waals surface area contributed by atoms with Crippen molar-refractivity contribution in [2.45, 2.75) is 52.4 Å². The Morgan fingerprint density at radius 2 is 1.49 bits per heavy atom. The summed E-state index contributed by atoms with van der Waals surface area (Å²) in [5, 5.41) is 0.690. The lowest BCUT2D eigenvalue weighted by molar-refractivity contribution is -0.114. The molecular weight excluding hydrogens is 450 g/mol. The van der Waals surface area contributed by atoms with Crippen LogP contribution in [0.4, 0.5) is 5.69 Å². The minimum Gasteiger partial charge on any atom is -0.305 e. The number of carbonyl (C=O) groups is 1. The van der Waals surface area contributed by atoms with Gasteiger partial charge in [-0.2, -0.15) is 0 Å². The molecule has 0 unspecified atom stereocenters. The first kappa shape index (κ1) is 26.5. The van der Waals surface area contributed by atoms with Crippen molar-refractivity contribution in [2.75, 3.05) is 11.4 Å². The Kier molecular flexibility index (Phi) is 8.40. The van der Waals surface area contributed by atoms with Gasteiger partial charge in [0.25, 0.3) is 5.91 Å². The van der Waals surface area contributed by atoms with Crippen molar-refractivity contribution in [3.8, 4) is 0 Å². The lowest BCUT2D eigenvalue weighted by atomic mass is 9.80. The molecule has 35 heavy (non-hydrogen) atoms. The van der Waals surface area contributed by atoms with Gasteiger partial charge in [-0.15, -0.1) is 0 Å². The van der Waals surface area contributed by atoms with Gasteiger partial charge < -0.3 is 4.90 Å². The number of nitrogens with zero attached hydrogens (tertiary/aromatic N) is 1. The molecule has 0 aliphatic heterocycles. The van der Waals surface area contributed by atoms with Crippen molar-refractivity contribution < 1.29 is 4.79 Å². The van der Waals surface area contributed by atoms with E-state index in [2.05, 4.69) is 59.7 Å². The predicted octanol–water partition coefficient (Wildman–Crippen LogP) is 8.69. The number of amides is 1. The first-order valence-electron chi connectivity index (χ1n) is 12.1. The van der Waals surface area contributed by atoms with E-state index in [1.54, 1.807) is 6.08 Å². The van der Waals surface area contributed by atoms with Gasteiger partial charge in [-0.3, -0.25) is 4.79 Å². The zero-order chi connectivity index (χ0) is 25.6. The molecule has 3 aromatic rings. The van der Waals surface area contributed by atoms with E-state index < -0.39 is 0 Å². The van der Waals surface area contributed by atoms with E-state index in [4.69, 9.17) is 11.6 Å². The number of hydrogen-bond donors (Lipinski definition) is 0. The van der Waals surface area contributed by atoms with Crippen LogP contribution in [-0.4, -0.2) is 12.5 Å². The van der Waals surface area contributed by atoms with Crippen LogP contribution in [0.1, 0.15) is 63.8 Å². The van der Waals surface area contributed by atoms with E-state index in [1.807, 2.05) is 77.7 Å². The average Bonchev–Trinajstić information content (AvgIpc) is 2.80. The Morgan fingerprint density at radius 1 is 0.829 bits per heavy atom. The fraction of sp³-hybridized carbons (Fsp3) is 0.281. The van der Waals surface area contributed by atoms with Gasteiger partial charge in [0.2, 0.25) is 0 Å². The van der Waals surface area contributed by atoms with Crippen LogP contribution < -0.4 is 4.90 Å². The van der Waals surface area contributed by atoms with Crippen molar-refractivity contribution >= 4 is 35.3 Å². The molecule has 2 nitrogen and oxygen atoms in total. The van der Waals surface area contributed by atoms with Crippen LogP contribution in [-0.2, 0) is 15.6 Å². The first-order chi connectivity index (χ1) is 16.5. The topological polar surface area (TPSA) is 20.3 Å². The summed E-state index contributed by atoms with van der Waals surface area (Å²) in [5.74, 6) is -0.0609. The molecule has 1 amide bonds. The second-order valence-corrected chi connectivity index (χ2v) is 11.3. The third-order valence-electron chi connectivity index (χ3n) is 5.94.